The zero-order chi connectivity index (χ0) is 11.4. The van der Waals surface area contributed by atoms with Crippen molar-refractivity contribution in [2.45, 2.75) is 45.3 Å². The second-order valence-electron chi connectivity index (χ2n) is 4.73. The topological polar surface area (TPSA) is 30.5 Å². The zero-order valence-corrected chi connectivity index (χ0v) is 10.4. The molecule has 0 amide bonds. The van der Waals surface area contributed by atoms with Crippen molar-refractivity contribution in [2.24, 2.45) is 5.92 Å². The average Bonchev–Trinajstić information content (AvgIpc) is 2.73. The fourth-order valence-electron chi connectivity index (χ4n) is 2.54. The maximum atomic E-state index is 5.85. The molecule has 3 nitrogen and oxygen atoms in total. The molecule has 3 unspecified atom stereocenters. The number of hydrogen-bond acceptors (Lipinski definition) is 3. The molecule has 1 fully saturated rings. The molecule has 0 radical (unpaired) electrons. The molecule has 0 spiro atoms. The van der Waals surface area contributed by atoms with Gasteiger partial charge in [-0.2, -0.15) is 0 Å². The Hall–Kier alpha value is -0.540. The highest BCUT2D eigenvalue weighted by Gasteiger charge is 2.34. The highest BCUT2D eigenvalue weighted by molar-refractivity contribution is 5.10. The lowest BCUT2D eigenvalue weighted by molar-refractivity contribution is 0.0448. The van der Waals surface area contributed by atoms with Gasteiger partial charge in [0.15, 0.2) is 0 Å². The van der Waals surface area contributed by atoms with Crippen molar-refractivity contribution in [3.8, 4) is 0 Å². The van der Waals surface area contributed by atoms with Gasteiger partial charge in [-0.1, -0.05) is 13.8 Å². The van der Waals surface area contributed by atoms with Gasteiger partial charge in [-0.25, -0.2) is 0 Å². The Labute approximate surface area is 98.2 Å². The Bertz CT molecular complexity index is 252. The standard InChI is InChI=1S/C13H23NO2/c1-3-14-12(11-6-4-5-8-15-11)13-10(2)7-9-16-13/h6,10,12-14H,3-5,7-9H2,1-2H3. The molecule has 0 bridgehead atoms. The lowest BCUT2D eigenvalue weighted by Gasteiger charge is -2.30. The summed E-state index contributed by atoms with van der Waals surface area (Å²) in [7, 11) is 0. The number of hydrogen-bond donors (Lipinski definition) is 1. The predicted molar refractivity (Wildman–Crippen MR) is 64.3 cm³/mol. The minimum absolute atomic E-state index is 0.253. The van der Waals surface area contributed by atoms with Gasteiger partial charge in [0.1, 0.15) is 5.76 Å². The van der Waals surface area contributed by atoms with Gasteiger partial charge in [-0.05, 0) is 37.8 Å². The summed E-state index contributed by atoms with van der Waals surface area (Å²) >= 11 is 0. The molecule has 16 heavy (non-hydrogen) atoms. The van der Waals surface area contributed by atoms with Crippen LogP contribution in [0.15, 0.2) is 11.8 Å². The second-order valence-corrected chi connectivity index (χ2v) is 4.73. The molecule has 3 atom stereocenters. The number of likely N-dealkylation sites (N-methyl/N-ethyl adjacent to an activating group) is 1. The van der Waals surface area contributed by atoms with Crippen molar-refractivity contribution in [3.05, 3.63) is 11.8 Å². The largest absolute Gasteiger partial charge is 0.496 e. The van der Waals surface area contributed by atoms with Gasteiger partial charge in [0.25, 0.3) is 0 Å². The first-order chi connectivity index (χ1) is 7.83. The molecule has 1 N–H and O–H groups in total. The van der Waals surface area contributed by atoms with Gasteiger partial charge in [0.2, 0.25) is 0 Å². The van der Waals surface area contributed by atoms with E-state index in [9.17, 15) is 0 Å². The van der Waals surface area contributed by atoms with E-state index < -0.39 is 0 Å². The van der Waals surface area contributed by atoms with Gasteiger partial charge < -0.3 is 14.8 Å². The summed E-state index contributed by atoms with van der Waals surface area (Å²) in [5.41, 5.74) is 0. The Morgan fingerprint density at radius 2 is 2.38 bits per heavy atom. The summed E-state index contributed by atoms with van der Waals surface area (Å²) in [6.07, 6.45) is 5.96. The van der Waals surface area contributed by atoms with Crippen molar-refractivity contribution in [3.63, 3.8) is 0 Å². The lowest BCUT2D eigenvalue weighted by atomic mass is 9.95. The van der Waals surface area contributed by atoms with E-state index >= 15 is 0 Å². The van der Waals surface area contributed by atoms with Crippen LogP contribution < -0.4 is 5.32 Å². The number of rotatable bonds is 4. The summed E-state index contributed by atoms with van der Waals surface area (Å²) in [5, 5.41) is 3.51. The molecule has 0 aromatic rings. The first-order valence-corrected chi connectivity index (χ1v) is 6.50. The maximum Gasteiger partial charge on any atom is 0.112 e. The van der Waals surface area contributed by atoms with E-state index in [4.69, 9.17) is 9.47 Å². The van der Waals surface area contributed by atoms with Crippen molar-refractivity contribution < 1.29 is 9.47 Å². The SMILES string of the molecule is CCNC(C1=CCCCO1)C1OCCC1C. The molecule has 2 aliphatic heterocycles. The Kier molecular flexibility index (Phi) is 4.24. The van der Waals surface area contributed by atoms with Gasteiger partial charge >= 0.3 is 0 Å². The smallest absolute Gasteiger partial charge is 0.112 e. The third-order valence-electron chi connectivity index (χ3n) is 3.47. The van der Waals surface area contributed by atoms with Gasteiger partial charge in [0.05, 0.1) is 18.8 Å². The molecule has 0 aromatic carbocycles. The van der Waals surface area contributed by atoms with Crippen LogP contribution in [-0.2, 0) is 9.47 Å². The molecule has 2 rings (SSSR count). The molecule has 0 aliphatic carbocycles. The summed E-state index contributed by atoms with van der Waals surface area (Å²) in [4.78, 5) is 0. The van der Waals surface area contributed by atoms with Crippen LogP contribution >= 0.6 is 0 Å². The van der Waals surface area contributed by atoms with Crippen molar-refractivity contribution in [1.82, 2.24) is 5.32 Å². The first-order valence-electron chi connectivity index (χ1n) is 6.50. The Morgan fingerprint density at radius 3 is 2.94 bits per heavy atom. The van der Waals surface area contributed by atoms with E-state index in [1.54, 1.807) is 0 Å². The zero-order valence-electron chi connectivity index (χ0n) is 10.4. The van der Waals surface area contributed by atoms with E-state index in [1.807, 2.05) is 0 Å². The monoisotopic (exact) mass is 225 g/mol. The van der Waals surface area contributed by atoms with Crippen LogP contribution in [0.3, 0.4) is 0 Å². The molecule has 92 valence electrons. The minimum Gasteiger partial charge on any atom is -0.496 e. The quantitative estimate of drug-likeness (QED) is 0.794. The lowest BCUT2D eigenvalue weighted by Crippen LogP contribution is -2.44. The van der Waals surface area contributed by atoms with Gasteiger partial charge in [0, 0.05) is 6.61 Å². The van der Waals surface area contributed by atoms with Crippen LogP contribution in [0.1, 0.15) is 33.1 Å². The van der Waals surface area contributed by atoms with Crippen molar-refractivity contribution >= 4 is 0 Å². The molecule has 3 heteroatoms. The highest BCUT2D eigenvalue weighted by atomic mass is 16.5. The summed E-state index contributed by atoms with van der Waals surface area (Å²) in [6, 6.07) is 0.253. The van der Waals surface area contributed by atoms with E-state index in [0.29, 0.717) is 5.92 Å². The van der Waals surface area contributed by atoms with E-state index in [1.165, 1.54) is 6.42 Å². The van der Waals surface area contributed by atoms with Gasteiger partial charge in [-0.15, -0.1) is 0 Å². The van der Waals surface area contributed by atoms with Crippen LogP contribution in [0.5, 0.6) is 0 Å². The van der Waals surface area contributed by atoms with Crippen LogP contribution in [0.2, 0.25) is 0 Å². The Balaban J connectivity index is 2.06. The number of ether oxygens (including phenoxy) is 2. The van der Waals surface area contributed by atoms with Crippen LogP contribution in [-0.4, -0.2) is 31.9 Å². The molecule has 1 saturated heterocycles. The minimum atomic E-state index is 0.253. The first kappa shape index (κ1) is 11.9. The fourth-order valence-corrected chi connectivity index (χ4v) is 2.54. The predicted octanol–water partition coefficient (Wildman–Crippen LogP) is 2.08. The highest BCUT2D eigenvalue weighted by Crippen LogP contribution is 2.28. The average molecular weight is 225 g/mol. The molecular weight excluding hydrogens is 202 g/mol. The Morgan fingerprint density at radius 1 is 1.50 bits per heavy atom. The third-order valence-corrected chi connectivity index (χ3v) is 3.47. The van der Waals surface area contributed by atoms with E-state index in [2.05, 4.69) is 25.2 Å². The van der Waals surface area contributed by atoms with E-state index in [0.717, 1.165) is 38.4 Å². The molecular formula is C13H23NO2. The van der Waals surface area contributed by atoms with Crippen molar-refractivity contribution in [2.75, 3.05) is 19.8 Å². The van der Waals surface area contributed by atoms with Crippen LogP contribution in [0, 0.1) is 5.92 Å². The third kappa shape index (κ3) is 2.58. The second kappa shape index (κ2) is 5.69. The van der Waals surface area contributed by atoms with Crippen LogP contribution in [0.4, 0.5) is 0 Å². The number of nitrogens with one attached hydrogen (secondary N) is 1. The van der Waals surface area contributed by atoms with E-state index in [-0.39, 0.29) is 12.1 Å². The maximum absolute atomic E-state index is 5.85. The molecule has 0 aromatic heterocycles. The number of allylic oxidation sites excluding steroid dienone is 1. The molecule has 2 heterocycles. The summed E-state index contributed by atoms with van der Waals surface area (Å²) < 4.78 is 11.6. The summed E-state index contributed by atoms with van der Waals surface area (Å²) in [5.74, 6) is 1.72. The van der Waals surface area contributed by atoms with Gasteiger partial charge in [-0.3, -0.25) is 0 Å². The molecule has 0 saturated carbocycles. The normalized spacial score (nSPS) is 32.0. The van der Waals surface area contributed by atoms with Crippen molar-refractivity contribution in [1.29, 1.82) is 0 Å². The molecule has 2 aliphatic rings. The summed E-state index contributed by atoms with van der Waals surface area (Å²) in [6.45, 7) is 7.11. The fraction of sp³-hybridized carbons (Fsp3) is 0.846. The van der Waals surface area contributed by atoms with Crippen LogP contribution in [0.25, 0.3) is 0 Å².